The highest BCUT2D eigenvalue weighted by Gasteiger charge is 2.43. The van der Waals surface area contributed by atoms with Crippen LogP contribution in [0, 0.1) is 5.41 Å². The second-order valence-corrected chi connectivity index (χ2v) is 5.59. The minimum absolute atomic E-state index is 0.401. The summed E-state index contributed by atoms with van der Waals surface area (Å²) in [6.45, 7) is 1.76. The number of carbonyl (C=O) groups is 1. The third kappa shape index (κ3) is 2.24. The predicted molar refractivity (Wildman–Crippen MR) is 63.4 cm³/mol. The molecule has 2 atom stereocenters. The molecule has 0 bridgehead atoms. The van der Waals surface area contributed by atoms with Crippen LogP contribution in [0.25, 0.3) is 0 Å². The van der Waals surface area contributed by atoms with Gasteiger partial charge in [0.2, 0.25) is 0 Å². The smallest absolute Gasteiger partial charge is 0.320 e. The third-order valence-electron chi connectivity index (χ3n) is 4.58. The maximum Gasteiger partial charge on any atom is 0.320 e. The number of carboxylic acids is 1. The van der Waals surface area contributed by atoms with Crippen LogP contribution < -0.4 is 5.32 Å². The van der Waals surface area contributed by atoms with Gasteiger partial charge in [-0.2, -0.15) is 0 Å². The molecule has 0 radical (unpaired) electrons. The van der Waals surface area contributed by atoms with Crippen LogP contribution in [0.15, 0.2) is 0 Å². The molecule has 2 N–H and O–H groups in total. The molecular formula is C13H23NO2. The molecule has 2 aliphatic carbocycles. The second kappa shape index (κ2) is 4.74. The maximum absolute atomic E-state index is 10.9. The fourth-order valence-electron chi connectivity index (χ4n) is 3.63. The van der Waals surface area contributed by atoms with Crippen LogP contribution in [0.3, 0.4) is 0 Å². The molecule has 0 aliphatic heterocycles. The van der Waals surface area contributed by atoms with E-state index in [1.807, 2.05) is 0 Å². The van der Waals surface area contributed by atoms with Gasteiger partial charge in [-0.1, -0.05) is 25.7 Å². The standard InChI is InChI=1S/C13H23NO2/c1-10(12(15)16)14-11-6-5-9-13(11)7-3-2-4-8-13/h10-11,14H,2-9H2,1H3,(H,15,16)/t10-,11?/m0/s1. The van der Waals surface area contributed by atoms with Gasteiger partial charge in [0.25, 0.3) is 0 Å². The Balaban J connectivity index is 1.99. The van der Waals surface area contributed by atoms with Crippen molar-refractivity contribution < 1.29 is 9.90 Å². The van der Waals surface area contributed by atoms with Crippen molar-refractivity contribution in [1.82, 2.24) is 5.32 Å². The summed E-state index contributed by atoms with van der Waals surface area (Å²) in [4.78, 5) is 10.9. The van der Waals surface area contributed by atoms with Crippen molar-refractivity contribution in [3.8, 4) is 0 Å². The summed E-state index contributed by atoms with van der Waals surface area (Å²) < 4.78 is 0. The Kier molecular flexibility index (Phi) is 3.53. The van der Waals surface area contributed by atoms with E-state index >= 15 is 0 Å². The van der Waals surface area contributed by atoms with Crippen LogP contribution in [0.4, 0.5) is 0 Å². The SMILES string of the molecule is C[C@H](NC1CCCC12CCCCC2)C(=O)O. The summed E-state index contributed by atoms with van der Waals surface area (Å²) in [6.07, 6.45) is 10.4. The first-order chi connectivity index (χ1) is 7.64. The lowest BCUT2D eigenvalue weighted by molar-refractivity contribution is -0.139. The second-order valence-electron chi connectivity index (χ2n) is 5.59. The molecule has 0 heterocycles. The van der Waals surface area contributed by atoms with E-state index in [-0.39, 0.29) is 0 Å². The normalized spacial score (nSPS) is 30.4. The molecule has 0 aromatic heterocycles. The van der Waals surface area contributed by atoms with Crippen molar-refractivity contribution in [3.05, 3.63) is 0 Å². The number of hydrogen-bond acceptors (Lipinski definition) is 2. The first kappa shape index (κ1) is 11.9. The van der Waals surface area contributed by atoms with E-state index in [1.54, 1.807) is 6.92 Å². The molecule has 3 heteroatoms. The maximum atomic E-state index is 10.9. The fourth-order valence-corrected chi connectivity index (χ4v) is 3.63. The lowest BCUT2D eigenvalue weighted by Crippen LogP contribution is -2.48. The predicted octanol–water partition coefficient (Wildman–Crippen LogP) is 2.55. The van der Waals surface area contributed by atoms with Crippen molar-refractivity contribution in [2.24, 2.45) is 5.41 Å². The minimum atomic E-state index is -0.724. The average molecular weight is 225 g/mol. The Morgan fingerprint density at radius 2 is 1.88 bits per heavy atom. The Morgan fingerprint density at radius 3 is 2.50 bits per heavy atom. The quantitative estimate of drug-likeness (QED) is 0.776. The highest BCUT2D eigenvalue weighted by atomic mass is 16.4. The minimum Gasteiger partial charge on any atom is -0.480 e. The Morgan fingerprint density at radius 1 is 1.25 bits per heavy atom. The summed E-state index contributed by atoms with van der Waals surface area (Å²) in [5.41, 5.74) is 0.432. The molecule has 16 heavy (non-hydrogen) atoms. The summed E-state index contributed by atoms with van der Waals surface area (Å²) >= 11 is 0. The number of carboxylic acid groups (broad SMARTS) is 1. The van der Waals surface area contributed by atoms with Gasteiger partial charge in [-0.05, 0) is 38.0 Å². The van der Waals surface area contributed by atoms with Crippen LogP contribution in [-0.4, -0.2) is 23.2 Å². The van der Waals surface area contributed by atoms with Gasteiger partial charge < -0.3 is 10.4 Å². The van der Waals surface area contributed by atoms with Gasteiger partial charge in [0.15, 0.2) is 0 Å². The molecular weight excluding hydrogens is 202 g/mol. The van der Waals surface area contributed by atoms with Crippen LogP contribution in [-0.2, 0) is 4.79 Å². The third-order valence-corrected chi connectivity index (χ3v) is 4.58. The number of rotatable bonds is 3. The summed E-state index contributed by atoms with van der Waals surface area (Å²) in [5, 5.41) is 12.3. The van der Waals surface area contributed by atoms with Gasteiger partial charge in [0.05, 0.1) is 0 Å². The van der Waals surface area contributed by atoms with Crippen LogP contribution in [0.5, 0.6) is 0 Å². The molecule has 0 amide bonds. The van der Waals surface area contributed by atoms with Crippen molar-refractivity contribution in [1.29, 1.82) is 0 Å². The van der Waals surface area contributed by atoms with Gasteiger partial charge in [0, 0.05) is 6.04 Å². The van der Waals surface area contributed by atoms with E-state index < -0.39 is 12.0 Å². The zero-order valence-corrected chi connectivity index (χ0v) is 10.2. The summed E-state index contributed by atoms with van der Waals surface area (Å²) in [5.74, 6) is -0.724. The first-order valence-corrected chi connectivity index (χ1v) is 6.63. The van der Waals surface area contributed by atoms with Crippen LogP contribution in [0.2, 0.25) is 0 Å². The molecule has 2 rings (SSSR count). The van der Waals surface area contributed by atoms with Crippen molar-refractivity contribution in [2.75, 3.05) is 0 Å². The van der Waals surface area contributed by atoms with Crippen LogP contribution in [0.1, 0.15) is 58.3 Å². The molecule has 0 saturated heterocycles. The molecule has 0 aromatic rings. The fraction of sp³-hybridized carbons (Fsp3) is 0.923. The molecule has 1 unspecified atom stereocenters. The Labute approximate surface area is 97.6 Å². The van der Waals surface area contributed by atoms with Crippen molar-refractivity contribution in [3.63, 3.8) is 0 Å². The van der Waals surface area contributed by atoms with Gasteiger partial charge in [0.1, 0.15) is 6.04 Å². The molecule has 2 saturated carbocycles. The molecule has 2 aliphatic rings. The Hall–Kier alpha value is -0.570. The van der Waals surface area contributed by atoms with Crippen molar-refractivity contribution in [2.45, 2.75) is 70.4 Å². The van der Waals surface area contributed by atoms with Gasteiger partial charge >= 0.3 is 5.97 Å². The number of nitrogens with one attached hydrogen (secondary N) is 1. The molecule has 2 fully saturated rings. The van der Waals surface area contributed by atoms with Gasteiger partial charge in [-0.25, -0.2) is 0 Å². The highest BCUT2D eigenvalue weighted by molar-refractivity contribution is 5.72. The molecule has 3 nitrogen and oxygen atoms in total. The zero-order valence-electron chi connectivity index (χ0n) is 10.2. The van der Waals surface area contributed by atoms with Crippen molar-refractivity contribution >= 4 is 5.97 Å². The van der Waals surface area contributed by atoms with Crippen LogP contribution >= 0.6 is 0 Å². The van der Waals surface area contributed by atoms with E-state index in [4.69, 9.17) is 5.11 Å². The zero-order chi connectivity index (χ0) is 11.6. The van der Waals surface area contributed by atoms with Gasteiger partial charge in [-0.15, -0.1) is 0 Å². The van der Waals surface area contributed by atoms with E-state index in [9.17, 15) is 4.79 Å². The van der Waals surface area contributed by atoms with E-state index in [0.29, 0.717) is 11.5 Å². The van der Waals surface area contributed by atoms with E-state index in [0.717, 1.165) is 6.42 Å². The average Bonchev–Trinajstić information content (AvgIpc) is 2.62. The molecule has 1 spiro atoms. The van der Waals surface area contributed by atoms with E-state index in [1.165, 1.54) is 44.9 Å². The monoisotopic (exact) mass is 225 g/mol. The largest absolute Gasteiger partial charge is 0.480 e. The first-order valence-electron chi connectivity index (χ1n) is 6.63. The lowest BCUT2D eigenvalue weighted by Gasteiger charge is -2.40. The summed E-state index contributed by atoms with van der Waals surface area (Å²) in [6, 6.07) is 0.0424. The number of aliphatic carboxylic acids is 1. The highest BCUT2D eigenvalue weighted by Crippen LogP contribution is 2.49. The number of hydrogen-bond donors (Lipinski definition) is 2. The topological polar surface area (TPSA) is 49.3 Å². The van der Waals surface area contributed by atoms with E-state index in [2.05, 4.69) is 5.32 Å². The Bertz CT molecular complexity index is 259. The molecule has 0 aromatic carbocycles. The van der Waals surface area contributed by atoms with Gasteiger partial charge in [-0.3, -0.25) is 4.79 Å². The lowest BCUT2D eigenvalue weighted by atomic mass is 9.70. The molecule has 92 valence electrons. The summed E-state index contributed by atoms with van der Waals surface area (Å²) in [7, 11) is 0.